The van der Waals surface area contributed by atoms with Crippen LogP contribution in [-0.4, -0.2) is 28.6 Å². The van der Waals surface area contributed by atoms with E-state index in [1.54, 1.807) is 32.2 Å². The first-order valence-electron chi connectivity index (χ1n) is 4.80. The molecule has 0 aromatic heterocycles. The fourth-order valence-electron chi connectivity index (χ4n) is 1.17. The third-order valence-corrected chi connectivity index (χ3v) is 3.94. The third-order valence-electron chi connectivity index (χ3n) is 2.09. The van der Waals surface area contributed by atoms with Gasteiger partial charge in [0.2, 0.25) is 0 Å². The summed E-state index contributed by atoms with van der Waals surface area (Å²) in [4.78, 5) is 11.7. The topological polar surface area (TPSA) is 43.4 Å². The molecule has 0 radical (unpaired) electrons. The summed E-state index contributed by atoms with van der Waals surface area (Å²) in [5.74, 6) is 1.15. The molecule has 0 spiro atoms. The van der Waals surface area contributed by atoms with Gasteiger partial charge in [-0.05, 0) is 34.1 Å². The molecule has 3 nitrogen and oxygen atoms in total. The van der Waals surface area contributed by atoms with Gasteiger partial charge in [-0.2, -0.15) is 0 Å². The Hall–Kier alpha value is -0.680. The van der Waals surface area contributed by atoms with Crippen LogP contribution in [0.3, 0.4) is 0 Å². The zero-order valence-electron chi connectivity index (χ0n) is 9.16. The molecule has 0 fully saturated rings. The number of halogens is 1. The maximum Gasteiger partial charge on any atom is 0.175 e. The molecule has 0 aliphatic rings. The van der Waals surface area contributed by atoms with E-state index in [0.717, 1.165) is 4.47 Å². The molecule has 1 unspecified atom stereocenters. The zero-order chi connectivity index (χ0) is 12.1. The van der Waals surface area contributed by atoms with Gasteiger partial charge in [-0.1, -0.05) is 6.92 Å². The van der Waals surface area contributed by atoms with Crippen LogP contribution in [-0.2, 0) is 10.8 Å². The molecule has 1 aromatic rings. The smallest absolute Gasteiger partial charge is 0.175 e. The molecule has 0 amide bonds. The number of hydrogen-bond acceptors (Lipinski definition) is 3. The maximum absolute atomic E-state index is 11.7. The Morgan fingerprint density at radius 2 is 2.19 bits per heavy atom. The number of benzene rings is 1. The molecule has 1 rings (SSSR count). The number of hydrogen-bond donors (Lipinski definition) is 0. The van der Waals surface area contributed by atoms with Crippen LogP contribution in [0.5, 0.6) is 5.75 Å². The van der Waals surface area contributed by atoms with Gasteiger partial charge in [0.1, 0.15) is 5.75 Å². The first-order chi connectivity index (χ1) is 7.58. The van der Waals surface area contributed by atoms with E-state index in [9.17, 15) is 9.00 Å². The molecule has 1 aromatic carbocycles. The average molecular weight is 305 g/mol. The standard InChI is InChI=1S/C11H13BrO3S/c1-3-16(14)7-10(13)8-4-5-11(15-2)9(12)6-8/h4-6H,3,7H2,1-2H3. The van der Waals surface area contributed by atoms with Crippen molar-refractivity contribution < 1.29 is 13.7 Å². The summed E-state index contributed by atoms with van der Waals surface area (Å²) in [7, 11) is 0.496. The molecule has 0 aliphatic carbocycles. The number of ether oxygens (including phenoxy) is 1. The van der Waals surface area contributed by atoms with E-state index in [-0.39, 0.29) is 11.5 Å². The predicted molar refractivity (Wildman–Crippen MR) is 68.6 cm³/mol. The Kier molecular flexibility index (Phi) is 5.15. The molecule has 88 valence electrons. The van der Waals surface area contributed by atoms with Crippen LogP contribution in [0.1, 0.15) is 17.3 Å². The lowest BCUT2D eigenvalue weighted by Crippen LogP contribution is -2.12. The molecular formula is C11H13BrO3S. The minimum absolute atomic E-state index is 0.0786. The summed E-state index contributed by atoms with van der Waals surface area (Å²) in [6, 6.07) is 5.08. The highest BCUT2D eigenvalue weighted by atomic mass is 79.9. The Bertz CT molecular complexity index is 418. The molecule has 0 aliphatic heterocycles. The highest BCUT2D eigenvalue weighted by Crippen LogP contribution is 2.25. The van der Waals surface area contributed by atoms with Crippen molar-refractivity contribution in [1.82, 2.24) is 0 Å². The lowest BCUT2D eigenvalue weighted by atomic mass is 10.1. The molecule has 16 heavy (non-hydrogen) atoms. The average Bonchev–Trinajstić information content (AvgIpc) is 2.28. The number of Topliss-reactive ketones (excluding diaryl/α,β-unsaturated/α-hetero) is 1. The van der Waals surface area contributed by atoms with Gasteiger partial charge in [-0.15, -0.1) is 0 Å². The van der Waals surface area contributed by atoms with Crippen LogP contribution in [0.25, 0.3) is 0 Å². The third kappa shape index (κ3) is 3.42. The second-order valence-corrected chi connectivity index (χ2v) is 5.75. The van der Waals surface area contributed by atoms with E-state index in [1.807, 2.05) is 0 Å². The molecule has 0 saturated heterocycles. The number of carbonyl (C=O) groups is 1. The molecule has 0 bridgehead atoms. The number of ketones is 1. The van der Waals surface area contributed by atoms with Crippen molar-refractivity contribution in [3.05, 3.63) is 28.2 Å². The lowest BCUT2D eigenvalue weighted by molar-refractivity contribution is 0.102. The zero-order valence-corrected chi connectivity index (χ0v) is 11.6. The van der Waals surface area contributed by atoms with Gasteiger partial charge < -0.3 is 4.74 Å². The number of carbonyl (C=O) groups excluding carboxylic acids is 1. The van der Waals surface area contributed by atoms with Gasteiger partial charge in [0, 0.05) is 22.1 Å². The largest absolute Gasteiger partial charge is 0.496 e. The normalized spacial score (nSPS) is 12.2. The van der Waals surface area contributed by atoms with Crippen LogP contribution in [0.4, 0.5) is 0 Å². The predicted octanol–water partition coefficient (Wildman–Crippen LogP) is 2.41. The summed E-state index contributed by atoms with van der Waals surface area (Å²) in [5, 5.41) is 0. The molecular weight excluding hydrogens is 292 g/mol. The highest BCUT2D eigenvalue weighted by molar-refractivity contribution is 9.10. The Morgan fingerprint density at radius 1 is 1.50 bits per heavy atom. The second-order valence-electron chi connectivity index (χ2n) is 3.15. The van der Waals surface area contributed by atoms with Crippen LogP contribution in [0, 0.1) is 0 Å². The van der Waals surface area contributed by atoms with E-state index in [2.05, 4.69) is 15.9 Å². The molecule has 5 heteroatoms. The molecule has 0 saturated carbocycles. The summed E-state index contributed by atoms with van der Waals surface area (Å²) in [5.41, 5.74) is 0.550. The SMILES string of the molecule is CCS(=O)CC(=O)c1ccc(OC)c(Br)c1. The number of methoxy groups -OCH3 is 1. The van der Waals surface area contributed by atoms with Crippen molar-refractivity contribution in [3.63, 3.8) is 0 Å². The minimum atomic E-state index is -1.07. The van der Waals surface area contributed by atoms with E-state index in [1.165, 1.54) is 0 Å². The van der Waals surface area contributed by atoms with Crippen molar-refractivity contribution in [2.75, 3.05) is 18.6 Å². The van der Waals surface area contributed by atoms with Gasteiger partial charge in [0.05, 0.1) is 17.3 Å². The second kappa shape index (κ2) is 6.15. The molecule has 0 N–H and O–H groups in total. The molecule has 1 atom stereocenters. The summed E-state index contributed by atoms with van der Waals surface area (Å²) in [6.07, 6.45) is 0. The highest BCUT2D eigenvalue weighted by Gasteiger charge is 2.11. The van der Waals surface area contributed by atoms with Gasteiger partial charge in [-0.3, -0.25) is 9.00 Å². The van der Waals surface area contributed by atoms with E-state index in [4.69, 9.17) is 4.74 Å². The quantitative estimate of drug-likeness (QED) is 0.785. The van der Waals surface area contributed by atoms with Gasteiger partial charge in [0.25, 0.3) is 0 Å². The first-order valence-corrected chi connectivity index (χ1v) is 7.08. The van der Waals surface area contributed by atoms with E-state index in [0.29, 0.717) is 17.1 Å². The van der Waals surface area contributed by atoms with E-state index < -0.39 is 10.8 Å². The van der Waals surface area contributed by atoms with Crippen molar-refractivity contribution in [3.8, 4) is 5.75 Å². The van der Waals surface area contributed by atoms with Crippen LogP contribution in [0.2, 0.25) is 0 Å². The number of rotatable bonds is 5. The summed E-state index contributed by atoms with van der Waals surface area (Å²) < 4.78 is 17.0. The Morgan fingerprint density at radius 3 is 2.69 bits per heavy atom. The van der Waals surface area contributed by atoms with Gasteiger partial charge >= 0.3 is 0 Å². The summed E-state index contributed by atoms with van der Waals surface area (Å²) in [6.45, 7) is 1.80. The van der Waals surface area contributed by atoms with Crippen LogP contribution < -0.4 is 4.74 Å². The van der Waals surface area contributed by atoms with Crippen molar-refractivity contribution >= 4 is 32.5 Å². The van der Waals surface area contributed by atoms with Crippen molar-refractivity contribution in [1.29, 1.82) is 0 Å². The lowest BCUT2D eigenvalue weighted by Gasteiger charge is -2.05. The monoisotopic (exact) mass is 304 g/mol. The van der Waals surface area contributed by atoms with Crippen molar-refractivity contribution in [2.45, 2.75) is 6.92 Å². The first kappa shape index (κ1) is 13.4. The van der Waals surface area contributed by atoms with Gasteiger partial charge in [-0.25, -0.2) is 0 Å². The van der Waals surface area contributed by atoms with Crippen molar-refractivity contribution in [2.24, 2.45) is 0 Å². The Labute approximate surface area is 106 Å². The maximum atomic E-state index is 11.7. The van der Waals surface area contributed by atoms with Crippen LogP contribution in [0.15, 0.2) is 22.7 Å². The Balaban J connectivity index is 2.85. The fourth-order valence-corrected chi connectivity index (χ4v) is 2.38. The van der Waals surface area contributed by atoms with Crippen LogP contribution >= 0.6 is 15.9 Å². The fraction of sp³-hybridized carbons (Fsp3) is 0.364. The van der Waals surface area contributed by atoms with E-state index >= 15 is 0 Å². The molecule has 0 heterocycles. The summed E-state index contributed by atoms with van der Waals surface area (Å²) >= 11 is 3.31. The van der Waals surface area contributed by atoms with Gasteiger partial charge in [0.15, 0.2) is 5.78 Å². The minimum Gasteiger partial charge on any atom is -0.496 e.